The molecule has 8 heteroatoms. The third-order valence-electron chi connectivity index (χ3n) is 4.66. The average molecular weight is 408 g/mol. The number of hydrazone groups is 1. The first-order valence-corrected chi connectivity index (χ1v) is 9.53. The van der Waals surface area contributed by atoms with Gasteiger partial charge in [0, 0.05) is 25.5 Å². The van der Waals surface area contributed by atoms with Crippen molar-refractivity contribution in [3.63, 3.8) is 0 Å². The quantitative estimate of drug-likeness (QED) is 0.792. The fourth-order valence-corrected chi connectivity index (χ4v) is 3.13. The maximum atomic E-state index is 12.8. The van der Waals surface area contributed by atoms with Gasteiger partial charge < -0.3 is 15.4 Å². The second kappa shape index (κ2) is 8.77. The number of hydrogen-bond acceptors (Lipinski definition) is 5. The molecule has 0 bridgehead atoms. The summed E-state index contributed by atoms with van der Waals surface area (Å²) in [4.78, 5) is 36.6. The van der Waals surface area contributed by atoms with Crippen LogP contribution in [0.15, 0.2) is 41.5 Å². The second-order valence-corrected chi connectivity index (χ2v) is 7.09. The summed E-state index contributed by atoms with van der Waals surface area (Å²) in [7, 11) is 1.49. The Morgan fingerprint density at radius 1 is 1.07 bits per heavy atom. The minimum atomic E-state index is -0.406. The molecule has 1 aliphatic heterocycles. The summed E-state index contributed by atoms with van der Waals surface area (Å²) in [5.41, 5.74) is 3.74. The van der Waals surface area contributed by atoms with Gasteiger partial charge in [-0.1, -0.05) is 12.1 Å². The second-order valence-electron chi connectivity index (χ2n) is 7.09. The van der Waals surface area contributed by atoms with Crippen LogP contribution in [0.4, 0.5) is 17.1 Å². The van der Waals surface area contributed by atoms with E-state index in [-0.39, 0.29) is 30.4 Å². The standard InChI is InChI=1S/C22H24N4O4/c1-13-5-6-14(2)19(11-13)26-21(28)10-8-17(25-26)22(29)24-16-7-9-20(30-4)18(12-16)23-15(3)27/h5-7,9,11-12H,8,10H2,1-4H3,(H,23,27)(H,24,29). The fourth-order valence-electron chi connectivity index (χ4n) is 3.13. The maximum Gasteiger partial charge on any atom is 0.271 e. The lowest BCUT2D eigenvalue weighted by atomic mass is 10.1. The van der Waals surface area contributed by atoms with Gasteiger partial charge in [0.15, 0.2) is 0 Å². The molecule has 0 atom stereocenters. The van der Waals surface area contributed by atoms with Gasteiger partial charge in [0.25, 0.3) is 5.91 Å². The summed E-state index contributed by atoms with van der Waals surface area (Å²) in [6.45, 7) is 5.22. The highest BCUT2D eigenvalue weighted by atomic mass is 16.5. The van der Waals surface area contributed by atoms with Gasteiger partial charge in [-0.2, -0.15) is 5.10 Å². The van der Waals surface area contributed by atoms with Crippen LogP contribution in [-0.2, 0) is 14.4 Å². The molecular formula is C22H24N4O4. The van der Waals surface area contributed by atoms with E-state index < -0.39 is 5.91 Å². The Kier molecular flexibility index (Phi) is 6.15. The van der Waals surface area contributed by atoms with E-state index in [2.05, 4.69) is 15.7 Å². The van der Waals surface area contributed by atoms with Crippen LogP contribution in [0, 0.1) is 13.8 Å². The van der Waals surface area contributed by atoms with E-state index in [1.165, 1.54) is 19.0 Å². The number of carbonyl (C=O) groups excluding carboxylic acids is 3. The van der Waals surface area contributed by atoms with Crippen LogP contribution in [0.1, 0.15) is 30.9 Å². The van der Waals surface area contributed by atoms with Crippen LogP contribution in [-0.4, -0.2) is 30.5 Å². The van der Waals surface area contributed by atoms with Crippen LogP contribution < -0.4 is 20.4 Å². The van der Waals surface area contributed by atoms with Crippen molar-refractivity contribution < 1.29 is 19.1 Å². The molecule has 1 heterocycles. The topological polar surface area (TPSA) is 100 Å². The zero-order valence-electron chi connectivity index (χ0n) is 17.4. The van der Waals surface area contributed by atoms with Crippen LogP contribution >= 0.6 is 0 Å². The number of benzene rings is 2. The lowest BCUT2D eigenvalue weighted by Crippen LogP contribution is -2.36. The van der Waals surface area contributed by atoms with Crippen molar-refractivity contribution in [3.05, 3.63) is 47.5 Å². The van der Waals surface area contributed by atoms with E-state index in [1.54, 1.807) is 18.2 Å². The van der Waals surface area contributed by atoms with Crippen molar-refractivity contribution >= 4 is 40.5 Å². The Hall–Kier alpha value is -3.68. The van der Waals surface area contributed by atoms with Gasteiger partial charge in [0.2, 0.25) is 11.8 Å². The number of aryl methyl sites for hydroxylation is 2. The molecule has 8 nitrogen and oxygen atoms in total. The van der Waals surface area contributed by atoms with Crippen LogP contribution in [0.25, 0.3) is 0 Å². The predicted octanol–water partition coefficient (Wildman–Crippen LogP) is 3.39. The summed E-state index contributed by atoms with van der Waals surface area (Å²) >= 11 is 0. The van der Waals surface area contributed by atoms with Gasteiger partial charge >= 0.3 is 0 Å². The average Bonchev–Trinajstić information content (AvgIpc) is 2.70. The molecule has 3 amide bonds. The molecule has 0 unspecified atom stereocenters. The first kappa shape index (κ1) is 21.0. The van der Waals surface area contributed by atoms with Crippen molar-refractivity contribution in [2.24, 2.45) is 5.10 Å². The third-order valence-corrected chi connectivity index (χ3v) is 4.66. The SMILES string of the molecule is COc1ccc(NC(=O)C2=NN(c3cc(C)ccc3C)C(=O)CC2)cc1NC(C)=O. The lowest BCUT2D eigenvalue weighted by Gasteiger charge is -2.25. The van der Waals surface area contributed by atoms with Gasteiger partial charge in [-0.15, -0.1) is 0 Å². The highest BCUT2D eigenvalue weighted by molar-refractivity contribution is 6.44. The molecule has 156 valence electrons. The molecule has 30 heavy (non-hydrogen) atoms. The molecule has 0 radical (unpaired) electrons. The zero-order valence-corrected chi connectivity index (χ0v) is 17.4. The van der Waals surface area contributed by atoms with Gasteiger partial charge in [-0.3, -0.25) is 14.4 Å². The van der Waals surface area contributed by atoms with Crippen LogP contribution in [0.3, 0.4) is 0 Å². The lowest BCUT2D eigenvalue weighted by molar-refractivity contribution is -0.119. The molecule has 3 rings (SSSR count). The van der Waals surface area contributed by atoms with E-state index in [4.69, 9.17) is 4.74 Å². The van der Waals surface area contributed by atoms with E-state index in [0.29, 0.717) is 22.8 Å². The van der Waals surface area contributed by atoms with E-state index in [0.717, 1.165) is 11.1 Å². The molecule has 0 aliphatic carbocycles. The smallest absolute Gasteiger partial charge is 0.271 e. The molecule has 2 aromatic carbocycles. The molecule has 0 saturated heterocycles. The zero-order chi connectivity index (χ0) is 21.8. The largest absolute Gasteiger partial charge is 0.495 e. The number of methoxy groups -OCH3 is 1. The van der Waals surface area contributed by atoms with Crippen molar-refractivity contribution in [1.29, 1.82) is 0 Å². The normalized spacial score (nSPS) is 13.5. The molecule has 0 aromatic heterocycles. The van der Waals surface area contributed by atoms with E-state index in [1.807, 2.05) is 32.0 Å². The summed E-state index contributed by atoms with van der Waals surface area (Å²) < 4.78 is 5.22. The van der Waals surface area contributed by atoms with Crippen molar-refractivity contribution in [1.82, 2.24) is 0 Å². The Balaban J connectivity index is 1.85. The van der Waals surface area contributed by atoms with Gasteiger partial charge in [0.05, 0.1) is 18.5 Å². The molecular weight excluding hydrogens is 384 g/mol. The van der Waals surface area contributed by atoms with Crippen molar-refractivity contribution in [2.75, 3.05) is 22.8 Å². The van der Waals surface area contributed by atoms with Gasteiger partial charge in [-0.05, 0) is 49.2 Å². The predicted molar refractivity (Wildman–Crippen MR) is 116 cm³/mol. The molecule has 0 saturated carbocycles. The van der Waals surface area contributed by atoms with Gasteiger partial charge in [0.1, 0.15) is 11.5 Å². The number of anilines is 3. The molecule has 2 aromatic rings. The Morgan fingerprint density at radius 2 is 1.83 bits per heavy atom. The minimum absolute atomic E-state index is 0.155. The van der Waals surface area contributed by atoms with E-state index >= 15 is 0 Å². The number of amides is 3. The third kappa shape index (κ3) is 4.65. The van der Waals surface area contributed by atoms with Gasteiger partial charge in [-0.25, -0.2) is 5.01 Å². The van der Waals surface area contributed by atoms with Crippen LogP contribution in [0.5, 0.6) is 5.75 Å². The number of carbonyl (C=O) groups is 3. The number of ether oxygens (including phenoxy) is 1. The number of nitrogens with one attached hydrogen (secondary N) is 2. The highest BCUT2D eigenvalue weighted by Crippen LogP contribution is 2.29. The van der Waals surface area contributed by atoms with Crippen molar-refractivity contribution in [3.8, 4) is 5.75 Å². The number of rotatable bonds is 5. The van der Waals surface area contributed by atoms with E-state index in [9.17, 15) is 14.4 Å². The maximum absolute atomic E-state index is 12.8. The summed E-state index contributed by atoms with van der Waals surface area (Å²) in [5.74, 6) is -0.338. The van der Waals surface area contributed by atoms with Crippen LogP contribution in [0.2, 0.25) is 0 Å². The minimum Gasteiger partial charge on any atom is -0.495 e. The number of hydrogen-bond donors (Lipinski definition) is 2. The summed E-state index contributed by atoms with van der Waals surface area (Å²) in [6, 6.07) is 10.7. The molecule has 2 N–H and O–H groups in total. The molecule has 0 fully saturated rings. The Labute approximate surface area is 174 Å². The summed E-state index contributed by atoms with van der Waals surface area (Å²) in [6.07, 6.45) is 0.445. The Morgan fingerprint density at radius 3 is 2.53 bits per heavy atom. The Bertz CT molecular complexity index is 1050. The first-order valence-electron chi connectivity index (χ1n) is 9.53. The molecule has 0 spiro atoms. The monoisotopic (exact) mass is 408 g/mol. The number of nitrogens with zero attached hydrogens (tertiary/aromatic N) is 2. The molecule has 1 aliphatic rings. The fraction of sp³-hybridized carbons (Fsp3) is 0.273. The summed E-state index contributed by atoms with van der Waals surface area (Å²) in [5, 5.41) is 11.1. The van der Waals surface area contributed by atoms with Crippen molar-refractivity contribution in [2.45, 2.75) is 33.6 Å². The first-order chi connectivity index (χ1) is 14.3. The highest BCUT2D eigenvalue weighted by Gasteiger charge is 2.26.